The lowest BCUT2D eigenvalue weighted by Crippen LogP contribution is -2.38. The van der Waals surface area contributed by atoms with Crippen molar-refractivity contribution >= 4 is 29.9 Å². The van der Waals surface area contributed by atoms with Crippen LogP contribution in [0.3, 0.4) is 0 Å². The molecule has 0 aliphatic carbocycles. The van der Waals surface area contributed by atoms with Gasteiger partial charge in [0.05, 0.1) is 6.26 Å². The average molecular weight is 470 g/mol. The fourth-order valence-corrected chi connectivity index (χ4v) is 2.26. The van der Waals surface area contributed by atoms with E-state index in [2.05, 4.69) is 35.9 Å². The number of H-pyrrole nitrogens is 1. The van der Waals surface area contributed by atoms with Crippen molar-refractivity contribution in [3.63, 3.8) is 0 Å². The molecule has 0 amide bonds. The Hall–Kier alpha value is -2.37. The Morgan fingerprint density at radius 3 is 3.00 bits per heavy atom. The summed E-state index contributed by atoms with van der Waals surface area (Å²) in [7, 11) is 0. The first kappa shape index (κ1) is 19.9. The first-order chi connectivity index (χ1) is 12.3. The van der Waals surface area contributed by atoms with E-state index in [-0.39, 0.29) is 24.0 Å². The molecule has 10 heteroatoms. The SMILES string of the molecule is CCNC(=NCc1nc(-c2ccco2)n[nH]1)NCCCn1cccn1.I. The minimum Gasteiger partial charge on any atom is -0.461 e. The van der Waals surface area contributed by atoms with Crippen LogP contribution in [0.25, 0.3) is 11.6 Å². The van der Waals surface area contributed by atoms with Crippen LogP contribution in [0.2, 0.25) is 0 Å². The molecule has 0 fully saturated rings. The zero-order valence-electron chi connectivity index (χ0n) is 14.6. The van der Waals surface area contributed by atoms with E-state index in [9.17, 15) is 0 Å². The predicted molar refractivity (Wildman–Crippen MR) is 109 cm³/mol. The normalized spacial score (nSPS) is 11.2. The maximum atomic E-state index is 5.28. The molecule has 3 rings (SSSR count). The number of nitrogens with one attached hydrogen (secondary N) is 3. The van der Waals surface area contributed by atoms with Gasteiger partial charge in [0.1, 0.15) is 12.4 Å². The fourth-order valence-electron chi connectivity index (χ4n) is 2.26. The van der Waals surface area contributed by atoms with Gasteiger partial charge in [-0.2, -0.15) is 5.10 Å². The highest BCUT2D eigenvalue weighted by molar-refractivity contribution is 14.0. The molecule has 0 aliphatic heterocycles. The molecular weight excluding hydrogens is 447 g/mol. The number of hydrogen-bond donors (Lipinski definition) is 3. The topological polar surface area (TPSA) is 109 Å². The van der Waals surface area contributed by atoms with Crippen molar-refractivity contribution in [2.24, 2.45) is 4.99 Å². The summed E-state index contributed by atoms with van der Waals surface area (Å²) in [5, 5.41) is 17.7. The largest absolute Gasteiger partial charge is 0.461 e. The predicted octanol–water partition coefficient (Wildman–Crippen LogP) is 2.02. The van der Waals surface area contributed by atoms with Crippen LogP contribution in [0.1, 0.15) is 19.2 Å². The summed E-state index contributed by atoms with van der Waals surface area (Å²) in [6.45, 7) is 4.90. The molecule has 0 saturated heterocycles. The Kier molecular flexibility index (Phi) is 8.12. The number of aromatic amines is 1. The van der Waals surface area contributed by atoms with Crippen LogP contribution >= 0.6 is 24.0 Å². The van der Waals surface area contributed by atoms with Crippen LogP contribution in [0.5, 0.6) is 0 Å². The van der Waals surface area contributed by atoms with Crippen LogP contribution in [-0.4, -0.2) is 44.0 Å². The van der Waals surface area contributed by atoms with Crippen LogP contribution in [0.4, 0.5) is 0 Å². The number of furan rings is 1. The van der Waals surface area contributed by atoms with Gasteiger partial charge < -0.3 is 15.1 Å². The van der Waals surface area contributed by atoms with E-state index >= 15 is 0 Å². The zero-order valence-corrected chi connectivity index (χ0v) is 16.9. The number of rotatable bonds is 8. The quantitative estimate of drug-likeness (QED) is 0.201. The third-order valence-corrected chi connectivity index (χ3v) is 3.42. The maximum Gasteiger partial charge on any atom is 0.216 e. The Bertz CT molecular complexity index is 766. The van der Waals surface area contributed by atoms with Crippen molar-refractivity contribution in [1.82, 2.24) is 35.6 Å². The van der Waals surface area contributed by atoms with E-state index in [1.807, 2.05) is 29.9 Å². The molecule has 0 atom stereocenters. The summed E-state index contributed by atoms with van der Waals surface area (Å²) in [5.74, 6) is 2.60. The van der Waals surface area contributed by atoms with E-state index in [0.717, 1.165) is 32.0 Å². The third kappa shape index (κ3) is 5.86. The number of aryl methyl sites for hydroxylation is 1. The van der Waals surface area contributed by atoms with Crippen molar-refractivity contribution in [1.29, 1.82) is 0 Å². The van der Waals surface area contributed by atoms with Gasteiger partial charge in [-0.25, -0.2) is 9.98 Å². The zero-order chi connectivity index (χ0) is 17.3. The molecule has 140 valence electrons. The number of aliphatic imine (C=N–C) groups is 1. The standard InChI is InChI=1S/C16H22N8O.HI/c1-2-17-16(18-7-4-9-24-10-5-8-20-24)19-12-14-21-15(23-22-14)13-6-3-11-25-13;/h3,5-6,8,10-11H,2,4,7,9,12H2,1H3,(H2,17,18,19)(H,21,22,23);1H. The summed E-state index contributed by atoms with van der Waals surface area (Å²) in [4.78, 5) is 8.90. The second kappa shape index (κ2) is 10.6. The average Bonchev–Trinajstić information content (AvgIpc) is 3.38. The van der Waals surface area contributed by atoms with Gasteiger partial charge in [0.2, 0.25) is 5.82 Å². The summed E-state index contributed by atoms with van der Waals surface area (Å²) in [5.41, 5.74) is 0. The molecule has 0 aliphatic rings. The van der Waals surface area contributed by atoms with Crippen LogP contribution in [-0.2, 0) is 13.1 Å². The van der Waals surface area contributed by atoms with Gasteiger partial charge in [-0.15, -0.1) is 29.1 Å². The lowest BCUT2D eigenvalue weighted by molar-refractivity contribution is 0.570. The Morgan fingerprint density at radius 1 is 1.35 bits per heavy atom. The van der Waals surface area contributed by atoms with Crippen LogP contribution in [0, 0.1) is 0 Å². The lowest BCUT2D eigenvalue weighted by atomic mass is 10.4. The molecule has 9 nitrogen and oxygen atoms in total. The van der Waals surface area contributed by atoms with Crippen molar-refractivity contribution in [2.75, 3.05) is 13.1 Å². The minimum atomic E-state index is 0. The van der Waals surface area contributed by atoms with E-state index in [1.54, 1.807) is 18.5 Å². The first-order valence-electron chi connectivity index (χ1n) is 8.30. The Morgan fingerprint density at radius 2 is 2.27 bits per heavy atom. The molecular formula is C16H23IN8O. The highest BCUT2D eigenvalue weighted by Crippen LogP contribution is 2.14. The van der Waals surface area contributed by atoms with Crippen molar-refractivity contribution in [3.8, 4) is 11.6 Å². The molecule has 0 bridgehead atoms. The molecule has 0 aromatic carbocycles. The molecule has 3 N–H and O–H groups in total. The number of aromatic nitrogens is 5. The number of guanidine groups is 1. The Balaban J connectivity index is 0.00000243. The highest BCUT2D eigenvalue weighted by Gasteiger charge is 2.08. The maximum absolute atomic E-state index is 5.28. The van der Waals surface area contributed by atoms with Crippen molar-refractivity contribution < 1.29 is 4.42 Å². The number of halogens is 1. The van der Waals surface area contributed by atoms with Gasteiger partial charge >= 0.3 is 0 Å². The second-order valence-corrected chi connectivity index (χ2v) is 5.33. The van der Waals surface area contributed by atoms with E-state index in [1.165, 1.54) is 0 Å². The number of hydrogen-bond acceptors (Lipinski definition) is 5. The number of nitrogens with zero attached hydrogens (tertiary/aromatic N) is 5. The Labute approximate surface area is 168 Å². The van der Waals surface area contributed by atoms with Gasteiger partial charge in [0.15, 0.2) is 11.7 Å². The van der Waals surface area contributed by atoms with E-state index in [4.69, 9.17) is 4.42 Å². The molecule has 3 aromatic rings. The third-order valence-electron chi connectivity index (χ3n) is 3.42. The van der Waals surface area contributed by atoms with Crippen LogP contribution < -0.4 is 10.6 Å². The van der Waals surface area contributed by atoms with Gasteiger partial charge in [-0.1, -0.05) is 0 Å². The van der Waals surface area contributed by atoms with Gasteiger partial charge in [0, 0.05) is 32.0 Å². The summed E-state index contributed by atoms with van der Waals surface area (Å²) >= 11 is 0. The lowest BCUT2D eigenvalue weighted by Gasteiger charge is -2.10. The van der Waals surface area contributed by atoms with Gasteiger partial charge in [0.25, 0.3) is 0 Å². The van der Waals surface area contributed by atoms with Crippen molar-refractivity contribution in [3.05, 3.63) is 42.7 Å². The van der Waals surface area contributed by atoms with E-state index < -0.39 is 0 Å². The van der Waals surface area contributed by atoms with Gasteiger partial charge in [-0.3, -0.25) is 9.78 Å². The molecule has 3 aromatic heterocycles. The van der Waals surface area contributed by atoms with Crippen molar-refractivity contribution in [2.45, 2.75) is 26.4 Å². The summed E-state index contributed by atoms with van der Waals surface area (Å²) < 4.78 is 7.19. The monoisotopic (exact) mass is 470 g/mol. The second-order valence-electron chi connectivity index (χ2n) is 5.33. The van der Waals surface area contributed by atoms with E-state index in [0.29, 0.717) is 24.0 Å². The molecule has 0 radical (unpaired) electrons. The smallest absolute Gasteiger partial charge is 0.216 e. The minimum absolute atomic E-state index is 0. The van der Waals surface area contributed by atoms with Crippen LogP contribution in [0.15, 0.2) is 46.3 Å². The summed E-state index contributed by atoms with van der Waals surface area (Å²) in [6, 6.07) is 5.55. The molecule has 0 spiro atoms. The molecule has 3 heterocycles. The molecule has 0 unspecified atom stereocenters. The fraction of sp³-hybridized carbons (Fsp3) is 0.375. The first-order valence-corrected chi connectivity index (χ1v) is 8.30. The van der Waals surface area contributed by atoms with Gasteiger partial charge in [-0.05, 0) is 31.5 Å². The summed E-state index contributed by atoms with van der Waals surface area (Å²) in [6.07, 6.45) is 6.30. The highest BCUT2D eigenvalue weighted by atomic mass is 127. The molecule has 26 heavy (non-hydrogen) atoms. The molecule has 0 saturated carbocycles.